The van der Waals surface area contributed by atoms with Gasteiger partial charge in [0.15, 0.2) is 18.2 Å². The van der Waals surface area contributed by atoms with E-state index in [0.29, 0.717) is 22.5 Å². The van der Waals surface area contributed by atoms with Gasteiger partial charge < -0.3 is 10.1 Å². The Labute approximate surface area is 161 Å². The van der Waals surface area contributed by atoms with Crippen LogP contribution in [0.1, 0.15) is 52.6 Å². The van der Waals surface area contributed by atoms with E-state index in [4.69, 9.17) is 4.74 Å². The van der Waals surface area contributed by atoms with Crippen molar-refractivity contribution in [3.05, 3.63) is 52.2 Å². The molecule has 0 unspecified atom stereocenters. The molecule has 1 heterocycles. The number of carbonyl (C=O) groups is 4. The molecule has 2 rings (SSSR count). The number of nitrogens with one attached hydrogen (secondary N) is 1. The zero-order valence-electron chi connectivity index (χ0n) is 15.0. The van der Waals surface area contributed by atoms with Gasteiger partial charge in [-0.2, -0.15) is 0 Å². The Morgan fingerprint density at radius 2 is 1.70 bits per heavy atom. The van der Waals surface area contributed by atoms with E-state index < -0.39 is 5.97 Å². The van der Waals surface area contributed by atoms with Crippen LogP contribution in [0.3, 0.4) is 0 Å². The molecule has 1 N–H and O–H groups in total. The maximum atomic E-state index is 12.1. The zero-order valence-corrected chi connectivity index (χ0v) is 15.8. The Kier molecular flexibility index (Phi) is 7.88. The summed E-state index contributed by atoms with van der Waals surface area (Å²) in [7, 11) is 0. The lowest BCUT2D eigenvalue weighted by Crippen LogP contribution is -2.15. The lowest BCUT2D eigenvalue weighted by molar-refractivity contribution is -0.142. The van der Waals surface area contributed by atoms with Crippen LogP contribution in [0, 0.1) is 0 Å². The molecule has 0 bridgehead atoms. The van der Waals surface area contributed by atoms with Crippen molar-refractivity contribution in [2.45, 2.75) is 32.6 Å². The van der Waals surface area contributed by atoms with Gasteiger partial charge in [0.1, 0.15) is 0 Å². The highest BCUT2D eigenvalue weighted by molar-refractivity contribution is 7.12. The number of Topliss-reactive ketones (excluding diaryl/α,β-unsaturated/α-hetero) is 2. The fourth-order valence-electron chi connectivity index (χ4n) is 2.27. The molecule has 1 amide bonds. The normalized spacial score (nSPS) is 10.3. The molecule has 0 saturated carbocycles. The minimum Gasteiger partial charge on any atom is -0.457 e. The summed E-state index contributed by atoms with van der Waals surface area (Å²) in [5.74, 6) is -1.13. The number of amides is 1. The van der Waals surface area contributed by atoms with Gasteiger partial charge in [-0.15, -0.1) is 11.3 Å². The number of rotatable bonds is 10. The number of ketones is 2. The van der Waals surface area contributed by atoms with Crippen molar-refractivity contribution in [3.63, 3.8) is 0 Å². The molecular formula is C20H21NO5S. The SMILES string of the molecule is CCCC(=O)Nc1ccc(C(=O)COC(=O)CCC(=O)c2cccs2)cc1. The van der Waals surface area contributed by atoms with E-state index in [1.807, 2.05) is 6.92 Å². The van der Waals surface area contributed by atoms with Gasteiger partial charge in [0.2, 0.25) is 5.91 Å². The Hall–Kier alpha value is -2.80. The molecule has 0 fully saturated rings. The molecule has 2 aromatic rings. The third-order valence-corrected chi connectivity index (χ3v) is 4.60. The molecule has 0 aliphatic rings. The minimum absolute atomic E-state index is 0.0553. The average molecular weight is 387 g/mol. The van der Waals surface area contributed by atoms with Crippen LogP contribution in [-0.4, -0.2) is 30.0 Å². The predicted molar refractivity (Wildman–Crippen MR) is 103 cm³/mol. The first-order valence-electron chi connectivity index (χ1n) is 8.65. The molecule has 0 radical (unpaired) electrons. The van der Waals surface area contributed by atoms with Crippen molar-refractivity contribution in [2.24, 2.45) is 0 Å². The monoisotopic (exact) mass is 387 g/mol. The van der Waals surface area contributed by atoms with E-state index in [2.05, 4.69) is 5.32 Å². The third kappa shape index (κ3) is 6.79. The summed E-state index contributed by atoms with van der Waals surface area (Å²) in [6.45, 7) is 1.54. The lowest BCUT2D eigenvalue weighted by Gasteiger charge is -2.06. The number of esters is 1. The summed E-state index contributed by atoms with van der Waals surface area (Å²) in [5.41, 5.74) is 0.986. The highest BCUT2D eigenvalue weighted by atomic mass is 32.1. The van der Waals surface area contributed by atoms with E-state index in [-0.39, 0.29) is 36.9 Å². The highest BCUT2D eigenvalue weighted by Gasteiger charge is 2.13. The van der Waals surface area contributed by atoms with Crippen molar-refractivity contribution in [1.29, 1.82) is 0 Å². The molecule has 0 atom stereocenters. The van der Waals surface area contributed by atoms with Gasteiger partial charge >= 0.3 is 5.97 Å². The molecule has 142 valence electrons. The van der Waals surface area contributed by atoms with E-state index in [1.165, 1.54) is 11.3 Å². The Morgan fingerprint density at radius 3 is 2.33 bits per heavy atom. The number of thiophene rings is 1. The maximum absolute atomic E-state index is 12.1. The van der Waals surface area contributed by atoms with Crippen molar-refractivity contribution in [3.8, 4) is 0 Å². The molecule has 0 spiro atoms. The smallest absolute Gasteiger partial charge is 0.306 e. The number of hydrogen-bond donors (Lipinski definition) is 1. The number of carbonyl (C=O) groups excluding carboxylic acids is 4. The van der Waals surface area contributed by atoms with Gasteiger partial charge in [-0.05, 0) is 42.1 Å². The van der Waals surface area contributed by atoms with Crippen LogP contribution in [0.2, 0.25) is 0 Å². The van der Waals surface area contributed by atoms with Gasteiger partial charge in [0.25, 0.3) is 0 Å². The largest absolute Gasteiger partial charge is 0.457 e. The highest BCUT2D eigenvalue weighted by Crippen LogP contribution is 2.13. The summed E-state index contributed by atoms with van der Waals surface area (Å²) in [6.07, 6.45) is 1.18. The second kappa shape index (κ2) is 10.4. The van der Waals surface area contributed by atoms with Gasteiger partial charge in [0.05, 0.1) is 11.3 Å². The van der Waals surface area contributed by atoms with Crippen LogP contribution in [0.4, 0.5) is 5.69 Å². The standard InChI is InChI=1S/C20H21NO5S/c1-2-4-19(24)21-15-8-6-14(7-9-15)17(23)13-26-20(25)11-10-16(22)18-5-3-12-27-18/h3,5-9,12H,2,4,10-11,13H2,1H3,(H,21,24). The fraction of sp³-hybridized carbons (Fsp3) is 0.300. The summed E-state index contributed by atoms with van der Waals surface area (Å²) in [5, 5.41) is 4.53. The lowest BCUT2D eigenvalue weighted by atomic mass is 10.1. The number of anilines is 1. The van der Waals surface area contributed by atoms with Gasteiger partial charge in [-0.3, -0.25) is 19.2 Å². The summed E-state index contributed by atoms with van der Waals surface area (Å²) in [4.78, 5) is 47.8. The van der Waals surface area contributed by atoms with E-state index in [9.17, 15) is 19.2 Å². The van der Waals surface area contributed by atoms with E-state index in [0.717, 1.165) is 6.42 Å². The summed E-state index contributed by atoms with van der Waals surface area (Å²) >= 11 is 1.32. The maximum Gasteiger partial charge on any atom is 0.306 e. The van der Waals surface area contributed by atoms with Crippen LogP contribution in [0.5, 0.6) is 0 Å². The van der Waals surface area contributed by atoms with E-state index in [1.54, 1.807) is 41.8 Å². The van der Waals surface area contributed by atoms with Gasteiger partial charge in [-0.1, -0.05) is 13.0 Å². The van der Waals surface area contributed by atoms with Gasteiger partial charge in [-0.25, -0.2) is 0 Å². The first-order valence-corrected chi connectivity index (χ1v) is 9.53. The molecule has 6 nitrogen and oxygen atoms in total. The molecule has 0 aliphatic carbocycles. The van der Waals surface area contributed by atoms with Crippen LogP contribution < -0.4 is 5.32 Å². The Morgan fingerprint density at radius 1 is 0.963 bits per heavy atom. The molecule has 1 aromatic carbocycles. The molecule has 0 saturated heterocycles. The second-order valence-electron chi connectivity index (χ2n) is 5.86. The summed E-state index contributed by atoms with van der Waals surface area (Å²) in [6, 6.07) is 9.87. The molecule has 1 aromatic heterocycles. The second-order valence-corrected chi connectivity index (χ2v) is 6.81. The summed E-state index contributed by atoms with van der Waals surface area (Å²) < 4.78 is 4.95. The molecule has 0 aliphatic heterocycles. The van der Waals surface area contributed by atoms with Crippen molar-refractivity contribution >= 4 is 40.5 Å². The first kappa shape index (κ1) is 20.5. The van der Waals surface area contributed by atoms with Crippen LogP contribution in [0.25, 0.3) is 0 Å². The van der Waals surface area contributed by atoms with Crippen LogP contribution >= 0.6 is 11.3 Å². The topological polar surface area (TPSA) is 89.5 Å². The number of benzene rings is 1. The minimum atomic E-state index is -0.586. The van der Waals surface area contributed by atoms with E-state index >= 15 is 0 Å². The first-order chi connectivity index (χ1) is 13.0. The Bertz CT molecular complexity index is 796. The van der Waals surface area contributed by atoms with Gasteiger partial charge in [0, 0.05) is 24.1 Å². The number of hydrogen-bond acceptors (Lipinski definition) is 6. The molecule has 7 heteroatoms. The van der Waals surface area contributed by atoms with Crippen LogP contribution in [0.15, 0.2) is 41.8 Å². The molecular weight excluding hydrogens is 366 g/mol. The van der Waals surface area contributed by atoms with Crippen molar-refractivity contribution in [1.82, 2.24) is 0 Å². The average Bonchev–Trinajstić information content (AvgIpc) is 3.20. The van der Waals surface area contributed by atoms with Crippen molar-refractivity contribution in [2.75, 3.05) is 11.9 Å². The van der Waals surface area contributed by atoms with Crippen LogP contribution in [-0.2, 0) is 14.3 Å². The predicted octanol–water partition coefficient (Wildman–Crippen LogP) is 3.88. The quantitative estimate of drug-likeness (QED) is 0.494. The zero-order chi connectivity index (χ0) is 19.6. The Balaban J connectivity index is 1.75. The molecule has 27 heavy (non-hydrogen) atoms. The van der Waals surface area contributed by atoms with Crippen molar-refractivity contribution < 1.29 is 23.9 Å². The number of ether oxygens (including phenoxy) is 1. The fourth-order valence-corrected chi connectivity index (χ4v) is 2.96. The third-order valence-electron chi connectivity index (χ3n) is 3.68.